The van der Waals surface area contributed by atoms with Crippen LogP contribution in [0.1, 0.15) is 36.0 Å². The summed E-state index contributed by atoms with van der Waals surface area (Å²) in [6.45, 7) is 3.28. The molecule has 0 radical (unpaired) electrons. The van der Waals surface area contributed by atoms with E-state index in [1.54, 1.807) is 18.7 Å². The molecule has 0 bridgehead atoms. The number of nitrogens with zero attached hydrogens (tertiary/aromatic N) is 3. The van der Waals surface area contributed by atoms with Gasteiger partial charge in [0.15, 0.2) is 0 Å². The van der Waals surface area contributed by atoms with E-state index < -0.39 is 6.55 Å². The van der Waals surface area contributed by atoms with Gasteiger partial charge in [-0.2, -0.15) is 13.9 Å². The van der Waals surface area contributed by atoms with Gasteiger partial charge in [-0.15, -0.1) is 0 Å². The number of rotatable bonds is 3. The number of aromatic nitrogens is 2. The van der Waals surface area contributed by atoms with Gasteiger partial charge in [0.2, 0.25) is 5.91 Å². The number of aryl methyl sites for hydroxylation is 1. The third kappa shape index (κ3) is 3.36. The number of para-hydroxylation sites is 1. The first-order valence-electron chi connectivity index (χ1n) is 8.21. The molecule has 1 amide bonds. The van der Waals surface area contributed by atoms with Crippen LogP contribution in [-0.4, -0.2) is 33.2 Å². The zero-order valence-corrected chi connectivity index (χ0v) is 14.5. The molecule has 0 N–H and O–H groups in total. The van der Waals surface area contributed by atoms with Crippen molar-refractivity contribution in [2.45, 2.75) is 46.3 Å². The van der Waals surface area contributed by atoms with Crippen molar-refractivity contribution in [3.63, 3.8) is 0 Å². The van der Waals surface area contributed by atoms with E-state index in [0.29, 0.717) is 34.8 Å². The zero-order valence-electron chi connectivity index (χ0n) is 14.5. The summed E-state index contributed by atoms with van der Waals surface area (Å²) in [7, 11) is 0. The number of ether oxygens (including phenoxy) is 1. The molecule has 1 aliphatic rings. The van der Waals surface area contributed by atoms with Crippen LogP contribution in [0.15, 0.2) is 24.3 Å². The average molecular weight is 349 g/mol. The number of hydrogen-bond donors (Lipinski definition) is 0. The van der Waals surface area contributed by atoms with Gasteiger partial charge in [-0.25, -0.2) is 4.68 Å². The molecule has 3 rings (SSSR count). The predicted molar refractivity (Wildman–Crippen MR) is 88.6 cm³/mol. The molecule has 134 valence electrons. The van der Waals surface area contributed by atoms with Crippen molar-refractivity contribution in [1.82, 2.24) is 14.7 Å². The van der Waals surface area contributed by atoms with Gasteiger partial charge in [-0.3, -0.25) is 4.79 Å². The van der Waals surface area contributed by atoms with Crippen LogP contribution < -0.4 is 4.74 Å². The Morgan fingerprint density at radius 1 is 1.36 bits per heavy atom. The molecule has 5 nitrogen and oxygen atoms in total. The third-order valence-corrected chi connectivity index (χ3v) is 4.63. The molecular formula is C18H21F2N3O2. The Hall–Kier alpha value is -2.44. The summed E-state index contributed by atoms with van der Waals surface area (Å²) in [5.74, 6) is 0.662. The predicted octanol–water partition coefficient (Wildman–Crippen LogP) is 3.25. The molecular weight excluding hydrogens is 328 g/mol. The van der Waals surface area contributed by atoms with Gasteiger partial charge in [0.05, 0.1) is 18.2 Å². The Morgan fingerprint density at radius 2 is 2.08 bits per heavy atom. The van der Waals surface area contributed by atoms with E-state index in [1.807, 2.05) is 31.2 Å². The first kappa shape index (κ1) is 17.4. The smallest absolute Gasteiger partial charge is 0.333 e. The summed E-state index contributed by atoms with van der Waals surface area (Å²) in [6.07, 6.45) is 0.0525. The summed E-state index contributed by atoms with van der Waals surface area (Å²) in [4.78, 5) is 14.6. The number of halogens is 2. The summed E-state index contributed by atoms with van der Waals surface area (Å²) in [6, 6.07) is 7.51. The second-order valence-corrected chi connectivity index (χ2v) is 6.34. The fourth-order valence-electron chi connectivity index (χ4n) is 3.14. The van der Waals surface area contributed by atoms with Crippen molar-refractivity contribution in [2.24, 2.45) is 0 Å². The summed E-state index contributed by atoms with van der Waals surface area (Å²) in [5, 5.41) is 3.85. The Morgan fingerprint density at radius 3 is 2.76 bits per heavy atom. The quantitative estimate of drug-likeness (QED) is 0.855. The standard InChI is InChI=1S/C18H21F2N3O2/c1-11-10-25-16-7-5-4-6-14(16)9-22(11)17(24)8-15-12(2)21-23(13(15)3)18(19)20/h4-7,11,18H,8-10H2,1-3H3/t11-/m1/s1. The maximum atomic E-state index is 13.0. The highest BCUT2D eigenvalue weighted by Gasteiger charge is 2.27. The fourth-order valence-corrected chi connectivity index (χ4v) is 3.14. The molecule has 7 heteroatoms. The molecule has 1 aliphatic heterocycles. The van der Waals surface area contributed by atoms with Crippen molar-refractivity contribution in [2.75, 3.05) is 6.61 Å². The van der Waals surface area contributed by atoms with E-state index in [2.05, 4.69) is 5.10 Å². The molecule has 25 heavy (non-hydrogen) atoms. The SMILES string of the molecule is Cc1nn(C(F)F)c(C)c1CC(=O)N1Cc2ccccc2OC[C@H]1C. The van der Waals surface area contributed by atoms with Gasteiger partial charge in [0, 0.05) is 23.4 Å². The van der Waals surface area contributed by atoms with E-state index in [9.17, 15) is 13.6 Å². The maximum Gasteiger partial charge on any atom is 0.333 e. The lowest BCUT2D eigenvalue weighted by Gasteiger charge is -2.26. The highest BCUT2D eigenvalue weighted by molar-refractivity contribution is 5.79. The molecule has 0 spiro atoms. The summed E-state index contributed by atoms with van der Waals surface area (Å²) >= 11 is 0. The molecule has 0 saturated heterocycles. The van der Waals surface area contributed by atoms with Crippen molar-refractivity contribution < 1.29 is 18.3 Å². The fraction of sp³-hybridized carbons (Fsp3) is 0.444. The number of benzene rings is 1. The number of amides is 1. The normalized spacial score (nSPS) is 17.2. The number of hydrogen-bond acceptors (Lipinski definition) is 3. The minimum atomic E-state index is -2.71. The molecule has 2 heterocycles. The molecule has 1 atom stereocenters. The van der Waals surface area contributed by atoms with Crippen LogP contribution >= 0.6 is 0 Å². The van der Waals surface area contributed by atoms with Crippen molar-refractivity contribution in [3.05, 3.63) is 46.8 Å². The van der Waals surface area contributed by atoms with Gasteiger partial charge in [0.1, 0.15) is 12.4 Å². The van der Waals surface area contributed by atoms with Crippen LogP contribution in [0.25, 0.3) is 0 Å². The van der Waals surface area contributed by atoms with Gasteiger partial charge in [0.25, 0.3) is 0 Å². The number of carbonyl (C=O) groups excluding carboxylic acids is 1. The minimum absolute atomic E-state index is 0.0525. The zero-order chi connectivity index (χ0) is 18.1. The van der Waals surface area contributed by atoms with E-state index >= 15 is 0 Å². The number of carbonyl (C=O) groups is 1. The molecule has 0 unspecified atom stereocenters. The van der Waals surface area contributed by atoms with Crippen LogP contribution in [0.3, 0.4) is 0 Å². The number of alkyl halides is 2. The highest BCUT2D eigenvalue weighted by Crippen LogP contribution is 2.26. The molecule has 1 aromatic heterocycles. The van der Waals surface area contributed by atoms with Gasteiger partial charge < -0.3 is 9.64 Å². The van der Waals surface area contributed by atoms with Crippen molar-refractivity contribution >= 4 is 5.91 Å². The first-order chi connectivity index (χ1) is 11.9. The van der Waals surface area contributed by atoms with E-state index in [4.69, 9.17) is 4.74 Å². The second-order valence-electron chi connectivity index (χ2n) is 6.34. The Balaban J connectivity index is 1.83. The molecule has 0 saturated carbocycles. The Bertz CT molecular complexity index is 789. The van der Waals surface area contributed by atoms with Crippen LogP contribution in [0, 0.1) is 13.8 Å². The van der Waals surface area contributed by atoms with Gasteiger partial charge >= 0.3 is 6.55 Å². The minimum Gasteiger partial charge on any atom is -0.491 e. The third-order valence-electron chi connectivity index (χ3n) is 4.63. The summed E-state index contributed by atoms with van der Waals surface area (Å²) < 4.78 is 32.4. The largest absolute Gasteiger partial charge is 0.491 e. The lowest BCUT2D eigenvalue weighted by molar-refractivity contribution is -0.133. The van der Waals surface area contributed by atoms with Crippen LogP contribution in [-0.2, 0) is 17.8 Å². The van der Waals surface area contributed by atoms with Crippen LogP contribution in [0.2, 0.25) is 0 Å². The van der Waals surface area contributed by atoms with Crippen molar-refractivity contribution in [3.8, 4) is 5.75 Å². The van der Waals surface area contributed by atoms with Gasteiger partial charge in [-0.05, 0) is 26.8 Å². The molecule has 1 aromatic carbocycles. The molecule has 0 aliphatic carbocycles. The van der Waals surface area contributed by atoms with Gasteiger partial charge in [-0.1, -0.05) is 18.2 Å². The average Bonchev–Trinajstić information content (AvgIpc) is 2.76. The van der Waals surface area contributed by atoms with E-state index in [0.717, 1.165) is 11.3 Å². The lowest BCUT2D eigenvalue weighted by atomic mass is 10.1. The first-order valence-corrected chi connectivity index (χ1v) is 8.21. The van der Waals surface area contributed by atoms with Crippen LogP contribution in [0.5, 0.6) is 5.75 Å². The number of fused-ring (bicyclic) bond motifs is 1. The highest BCUT2D eigenvalue weighted by atomic mass is 19.3. The molecule has 0 fully saturated rings. The second kappa shape index (κ2) is 6.82. The van der Waals surface area contributed by atoms with E-state index in [-0.39, 0.29) is 18.4 Å². The maximum absolute atomic E-state index is 13.0. The van der Waals surface area contributed by atoms with E-state index in [1.165, 1.54) is 0 Å². The van der Waals surface area contributed by atoms with Crippen molar-refractivity contribution in [1.29, 1.82) is 0 Å². The monoisotopic (exact) mass is 349 g/mol. The Kier molecular flexibility index (Phi) is 4.74. The van der Waals surface area contributed by atoms with Crippen LogP contribution in [0.4, 0.5) is 8.78 Å². The topological polar surface area (TPSA) is 47.4 Å². The Labute approximate surface area is 145 Å². The molecule has 2 aromatic rings. The summed E-state index contributed by atoms with van der Waals surface area (Å²) in [5.41, 5.74) is 2.30. The lowest BCUT2D eigenvalue weighted by Crippen LogP contribution is -2.40.